The highest BCUT2D eigenvalue weighted by atomic mass is 16.5. The molecule has 2 fully saturated rings. The van der Waals surface area contributed by atoms with Crippen molar-refractivity contribution in [3.05, 3.63) is 0 Å². The normalized spacial score (nSPS) is 31.4. The SMILES string of the molecule is CCC1CCC(C#N)C(N(C)CCOCC2CC2)C1. The topological polar surface area (TPSA) is 36.3 Å². The molecule has 0 heterocycles. The van der Waals surface area contributed by atoms with Gasteiger partial charge in [-0.05, 0) is 51.0 Å². The predicted molar refractivity (Wildman–Crippen MR) is 76.7 cm³/mol. The zero-order valence-corrected chi connectivity index (χ0v) is 12.5. The summed E-state index contributed by atoms with van der Waals surface area (Å²) in [6.07, 6.45) is 7.46. The van der Waals surface area contributed by atoms with Gasteiger partial charge in [0.1, 0.15) is 0 Å². The first kappa shape index (κ1) is 14.8. The van der Waals surface area contributed by atoms with Crippen LogP contribution in [0.5, 0.6) is 0 Å². The van der Waals surface area contributed by atoms with Gasteiger partial charge >= 0.3 is 0 Å². The lowest BCUT2D eigenvalue weighted by Gasteiger charge is -2.38. The van der Waals surface area contributed by atoms with Crippen molar-refractivity contribution in [3.8, 4) is 6.07 Å². The van der Waals surface area contributed by atoms with Crippen molar-refractivity contribution in [2.24, 2.45) is 17.8 Å². The van der Waals surface area contributed by atoms with Crippen LogP contribution < -0.4 is 0 Å². The monoisotopic (exact) mass is 264 g/mol. The summed E-state index contributed by atoms with van der Waals surface area (Å²) in [6.45, 7) is 5.00. The summed E-state index contributed by atoms with van der Waals surface area (Å²) in [4.78, 5) is 2.36. The third-order valence-corrected chi connectivity index (χ3v) is 4.87. The molecule has 3 unspecified atom stereocenters. The first-order chi connectivity index (χ1) is 9.24. The Morgan fingerprint density at radius 2 is 1.95 bits per heavy atom. The molecule has 0 radical (unpaired) electrons. The molecule has 0 amide bonds. The number of hydrogen-bond acceptors (Lipinski definition) is 3. The third-order valence-electron chi connectivity index (χ3n) is 4.87. The molecule has 0 bridgehead atoms. The van der Waals surface area contributed by atoms with Crippen LogP contribution in [0.1, 0.15) is 45.4 Å². The second-order valence-electron chi connectivity index (χ2n) is 6.39. The molecule has 0 aromatic heterocycles. The molecule has 2 saturated carbocycles. The maximum absolute atomic E-state index is 9.31. The van der Waals surface area contributed by atoms with E-state index >= 15 is 0 Å². The van der Waals surface area contributed by atoms with Gasteiger partial charge in [0.15, 0.2) is 0 Å². The summed E-state index contributed by atoms with van der Waals surface area (Å²) >= 11 is 0. The molecule has 0 N–H and O–H groups in total. The Hall–Kier alpha value is -0.590. The summed E-state index contributed by atoms with van der Waals surface area (Å²) in [7, 11) is 2.16. The van der Waals surface area contributed by atoms with E-state index in [1.165, 1.54) is 32.1 Å². The Kier molecular flexibility index (Phi) is 5.66. The Morgan fingerprint density at radius 3 is 2.58 bits per heavy atom. The van der Waals surface area contributed by atoms with E-state index in [0.717, 1.165) is 38.0 Å². The van der Waals surface area contributed by atoms with Gasteiger partial charge < -0.3 is 4.74 Å². The standard InChI is InChI=1S/C16H28N2O/c1-3-13-6-7-15(11-17)16(10-13)18(2)8-9-19-12-14-4-5-14/h13-16H,3-10,12H2,1-2H3. The van der Waals surface area contributed by atoms with Crippen LogP contribution in [0.25, 0.3) is 0 Å². The molecule has 108 valence electrons. The predicted octanol–water partition coefficient (Wildman–Crippen LogP) is 3.06. The highest BCUT2D eigenvalue weighted by Gasteiger charge is 2.32. The molecule has 0 spiro atoms. The largest absolute Gasteiger partial charge is 0.380 e. The molecular formula is C16H28N2O. The van der Waals surface area contributed by atoms with Crippen LogP contribution in [0.2, 0.25) is 0 Å². The molecule has 3 nitrogen and oxygen atoms in total. The molecule has 2 aliphatic carbocycles. The van der Waals surface area contributed by atoms with Gasteiger partial charge in [-0.15, -0.1) is 0 Å². The first-order valence-corrected chi connectivity index (χ1v) is 7.92. The van der Waals surface area contributed by atoms with Gasteiger partial charge in [0.25, 0.3) is 0 Å². The van der Waals surface area contributed by atoms with E-state index in [-0.39, 0.29) is 5.92 Å². The average molecular weight is 264 g/mol. The molecule has 0 saturated heterocycles. The minimum atomic E-state index is 0.219. The highest BCUT2D eigenvalue weighted by Crippen LogP contribution is 2.33. The van der Waals surface area contributed by atoms with Crippen LogP contribution in [-0.2, 0) is 4.74 Å². The lowest BCUT2D eigenvalue weighted by molar-refractivity contribution is 0.0657. The molecule has 3 atom stereocenters. The zero-order valence-electron chi connectivity index (χ0n) is 12.5. The molecule has 2 rings (SSSR count). The molecule has 0 aliphatic heterocycles. The maximum Gasteiger partial charge on any atom is 0.0672 e. The van der Waals surface area contributed by atoms with E-state index in [1.807, 2.05) is 0 Å². The molecule has 19 heavy (non-hydrogen) atoms. The number of hydrogen-bond donors (Lipinski definition) is 0. The van der Waals surface area contributed by atoms with Crippen LogP contribution in [0, 0.1) is 29.1 Å². The summed E-state index contributed by atoms with van der Waals surface area (Å²) < 4.78 is 5.72. The van der Waals surface area contributed by atoms with Crippen LogP contribution in [0.15, 0.2) is 0 Å². The number of ether oxygens (including phenoxy) is 1. The van der Waals surface area contributed by atoms with Crippen molar-refractivity contribution < 1.29 is 4.74 Å². The van der Waals surface area contributed by atoms with Crippen LogP contribution in [-0.4, -0.2) is 37.7 Å². The highest BCUT2D eigenvalue weighted by molar-refractivity contribution is 4.96. The van der Waals surface area contributed by atoms with Crippen molar-refractivity contribution in [3.63, 3.8) is 0 Å². The smallest absolute Gasteiger partial charge is 0.0672 e. The summed E-state index contributed by atoms with van der Waals surface area (Å²) in [5.74, 6) is 1.87. The third kappa shape index (κ3) is 4.47. The van der Waals surface area contributed by atoms with E-state index < -0.39 is 0 Å². The van der Waals surface area contributed by atoms with E-state index in [1.54, 1.807) is 0 Å². The van der Waals surface area contributed by atoms with Crippen molar-refractivity contribution in [1.29, 1.82) is 5.26 Å². The fourth-order valence-corrected chi connectivity index (χ4v) is 3.15. The second kappa shape index (κ2) is 7.26. The van der Waals surface area contributed by atoms with Crippen LogP contribution >= 0.6 is 0 Å². The van der Waals surface area contributed by atoms with E-state index in [2.05, 4.69) is 24.9 Å². The van der Waals surface area contributed by atoms with Crippen LogP contribution in [0.4, 0.5) is 0 Å². The van der Waals surface area contributed by atoms with Gasteiger partial charge in [-0.3, -0.25) is 4.90 Å². The fourth-order valence-electron chi connectivity index (χ4n) is 3.15. The molecule has 2 aliphatic rings. The lowest BCUT2D eigenvalue weighted by atomic mass is 9.77. The van der Waals surface area contributed by atoms with Gasteiger partial charge in [0.2, 0.25) is 0 Å². The maximum atomic E-state index is 9.31. The van der Waals surface area contributed by atoms with E-state index in [9.17, 15) is 5.26 Å². The summed E-state index contributed by atoms with van der Waals surface area (Å²) in [5, 5.41) is 9.31. The number of nitriles is 1. The van der Waals surface area contributed by atoms with Crippen molar-refractivity contribution >= 4 is 0 Å². The molecule has 3 heteroatoms. The Balaban J connectivity index is 1.73. The summed E-state index contributed by atoms with van der Waals surface area (Å²) in [5.41, 5.74) is 0. The van der Waals surface area contributed by atoms with Gasteiger partial charge in [-0.1, -0.05) is 13.3 Å². The quantitative estimate of drug-likeness (QED) is 0.663. The van der Waals surface area contributed by atoms with Crippen LogP contribution in [0.3, 0.4) is 0 Å². The molecule has 0 aromatic carbocycles. The first-order valence-electron chi connectivity index (χ1n) is 7.92. The Bertz CT molecular complexity index is 308. The van der Waals surface area contributed by atoms with Gasteiger partial charge in [0.05, 0.1) is 18.6 Å². The van der Waals surface area contributed by atoms with Gasteiger partial charge in [-0.2, -0.15) is 5.26 Å². The van der Waals surface area contributed by atoms with Crippen molar-refractivity contribution in [2.45, 2.75) is 51.5 Å². The minimum absolute atomic E-state index is 0.219. The number of rotatable bonds is 7. The zero-order chi connectivity index (χ0) is 13.7. The Morgan fingerprint density at radius 1 is 1.21 bits per heavy atom. The van der Waals surface area contributed by atoms with Crippen molar-refractivity contribution in [2.75, 3.05) is 26.8 Å². The number of likely N-dealkylation sites (N-methyl/N-ethyl adjacent to an activating group) is 1. The van der Waals surface area contributed by atoms with E-state index in [0.29, 0.717) is 6.04 Å². The van der Waals surface area contributed by atoms with Crippen molar-refractivity contribution in [1.82, 2.24) is 4.90 Å². The van der Waals surface area contributed by atoms with E-state index in [4.69, 9.17) is 4.74 Å². The Labute approximate surface area is 117 Å². The number of nitrogens with zero attached hydrogens (tertiary/aromatic N) is 2. The lowest BCUT2D eigenvalue weighted by Crippen LogP contribution is -2.43. The summed E-state index contributed by atoms with van der Waals surface area (Å²) in [6, 6.07) is 2.95. The second-order valence-corrected chi connectivity index (χ2v) is 6.39. The minimum Gasteiger partial charge on any atom is -0.380 e. The van der Waals surface area contributed by atoms with Gasteiger partial charge in [0, 0.05) is 19.2 Å². The molecule has 0 aromatic rings. The van der Waals surface area contributed by atoms with Gasteiger partial charge in [-0.25, -0.2) is 0 Å². The molecular weight excluding hydrogens is 236 g/mol. The average Bonchev–Trinajstić information content (AvgIpc) is 3.26. The fraction of sp³-hybridized carbons (Fsp3) is 0.938.